The van der Waals surface area contributed by atoms with Crippen LogP contribution in [0.15, 0.2) is 85.1 Å². The Hall–Kier alpha value is -2.81. The molecule has 1 N–H and O–H groups in total. The van der Waals surface area contributed by atoms with Crippen LogP contribution in [0, 0.1) is 0 Å². The predicted octanol–water partition coefficient (Wildman–Crippen LogP) is 18.0. The normalized spacial score (nSPS) is 14.3. The van der Waals surface area contributed by atoms with Gasteiger partial charge in [-0.1, -0.05) is 235 Å². The Balaban J connectivity index is 5.29. The second-order valence-corrected chi connectivity index (χ2v) is 22.9. The fourth-order valence-corrected chi connectivity index (χ4v) is 9.05. The smallest absolute Gasteiger partial charge is 0.306 e. The third-order valence-electron chi connectivity index (χ3n) is 13.1. The zero-order valence-corrected chi connectivity index (χ0v) is 49.7. The number of esters is 1. The molecule has 0 aromatic heterocycles. The first-order valence-electron chi connectivity index (χ1n) is 30.4. The van der Waals surface area contributed by atoms with Gasteiger partial charge in [0, 0.05) is 12.8 Å². The van der Waals surface area contributed by atoms with Crippen molar-refractivity contribution in [1.82, 2.24) is 5.32 Å². The molecule has 0 saturated carbocycles. The molecule has 9 nitrogen and oxygen atoms in total. The molecule has 10 heteroatoms. The van der Waals surface area contributed by atoms with E-state index in [0.717, 1.165) is 83.5 Å². The van der Waals surface area contributed by atoms with Gasteiger partial charge in [0.1, 0.15) is 19.3 Å². The van der Waals surface area contributed by atoms with Crippen molar-refractivity contribution in [2.24, 2.45) is 0 Å². The van der Waals surface area contributed by atoms with Crippen LogP contribution in [0.5, 0.6) is 0 Å². The van der Waals surface area contributed by atoms with Crippen molar-refractivity contribution in [3.63, 3.8) is 0 Å². The van der Waals surface area contributed by atoms with Gasteiger partial charge in [-0.05, 0) is 96.0 Å². The molecule has 0 spiro atoms. The molecule has 0 fully saturated rings. The molecule has 0 aliphatic rings. The van der Waals surface area contributed by atoms with Crippen molar-refractivity contribution in [2.45, 2.75) is 270 Å². The van der Waals surface area contributed by atoms with Crippen LogP contribution in [0.2, 0.25) is 0 Å². The molecule has 0 aromatic rings. The highest BCUT2D eigenvalue weighted by molar-refractivity contribution is 7.45. The topological polar surface area (TPSA) is 114 Å². The van der Waals surface area contributed by atoms with Crippen LogP contribution in [0.25, 0.3) is 0 Å². The number of hydrogen-bond donors (Lipinski definition) is 1. The maximum atomic E-state index is 13.5. The number of phosphoric acid groups is 1. The van der Waals surface area contributed by atoms with Gasteiger partial charge >= 0.3 is 5.97 Å². The summed E-state index contributed by atoms with van der Waals surface area (Å²) in [6.07, 6.45) is 69.9. The maximum absolute atomic E-state index is 13.5. The molecule has 3 unspecified atom stereocenters. The maximum Gasteiger partial charge on any atom is 0.306 e. The van der Waals surface area contributed by atoms with E-state index in [1.807, 2.05) is 33.3 Å². The molecule has 1 amide bonds. The Morgan fingerprint density at radius 1 is 0.473 bits per heavy atom. The van der Waals surface area contributed by atoms with Gasteiger partial charge in [0.2, 0.25) is 5.91 Å². The Kier molecular flexibility index (Phi) is 51.5. The summed E-state index contributed by atoms with van der Waals surface area (Å²) in [7, 11) is 1.14. The number of carbonyl (C=O) groups is 2. The molecular formula is C64H115N2O7P. The van der Waals surface area contributed by atoms with Gasteiger partial charge in [0.05, 0.1) is 33.8 Å². The van der Waals surface area contributed by atoms with Crippen molar-refractivity contribution < 1.29 is 37.3 Å². The molecule has 0 aliphatic carbocycles. The SMILES string of the molecule is CCCCC/C=C\C/C=C\C/C=C\C/C=C\CCCCCCCCCC(=O)NC(COP(=O)([O-])OCC[N+](C)(C)C)C(/C=C\CCCCCCCCCCCC)OC(=O)CC/C=C/C/C=C\CCCCCCCC. The Morgan fingerprint density at radius 2 is 0.838 bits per heavy atom. The molecule has 0 aliphatic heterocycles. The van der Waals surface area contributed by atoms with Gasteiger partial charge in [-0.15, -0.1) is 0 Å². The van der Waals surface area contributed by atoms with Gasteiger partial charge in [-0.25, -0.2) is 0 Å². The monoisotopic (exact) mass is 1050 g/mol. The van der Waals surface area contributed by atoms with Crippen LogP contribution >= 0.6 is 7.82 Å². The van der Waals surface area contributed by atoms with Crippen molar-refractivity contribution in [1.29, 1.82) is 0 Å². The standard InChI is InChI=1S/C64H115N2O7P/c1-7-10-13-16-19-22-25-28-29-30-31-32-33-34-35-36-37-39-41-44-47-50-53-56-63(67)65-61(60-72-74(69,70)71-59-58-66(4,5)6)62(55-52-49-46-43-40-27-24-21-18-15-12-9-3)73-64(68)57-54-51-48-45-42-38-26-23-20-17-14-11-8-2/h19,22,28-29,31-32,34-35,38,42,48,51-52,55,61-62H,7-18,20-21,23-27,30,33,36-37,39-41,43-47,49-50,53-54,56-60H2,1-6H3,(H-,65,67,69,70)/b22-19-,29-28-,32-31-,35-34-,42-38-,51-48+,55-52-. The molecule has 0 saturated heterocycles. The van der Waals surface area contributed by atoms with Crippen molar-refractivity contribution in [2.75, 3.05) is 40.9 Å². The van der Waals surface area contributed by atoms with E-state index >= 15 is 0 Å². The molecule has 428 valence electrons. The van der Waals surface area contributed by atoms with Crippen molar-refractivity contribution in [3.05, 3.63) is 85.1 Å². The summed E-state index contributed by atoms with van der Waals surface area (Å²) in [4.78, 5) is 39.9. The summed E-state index contributed by atoms with van der Waals surface area (Å²) in [5.74, 6) is -0.634. The Labute approximate surface area is 456 Å². The van der Waals surface area contributed by atoms with E-state index in [2.05, 4.69) is 92.9 Å². The Bertz CT molecular complexity index is 1540. The van der Waals surface area contributed by atoms with E-state index in [9.17, 15) is 19.0 Å². The molecule has 0 aromatic carbocycles. The van der Waals surface area contributed by atoms with E-state index in [-0.39, 0.29) is 18.9 Å². The molecule has 0 bridgehead atoms. The van der Waals surface area contributed by atoms with Crippen molar-refractivity contribution >= 4 is 19.7 Å². The van der Waals surface area contributed by atoms with Gasteiger partial charge in [0.15, 0.2) is 0 Å². The second kappa shape index (κ2) is 53.6. The van der Waals surface area contributed by atoms with Crippen LogP contribution in [0.3, 0.4) is 0 Å². The number of nitrogens with zero attached hydrogens (tertiary/aromatic N) is 1. The molecule has 0 rings (SSSR count). The lowest BCUT2D eigenvalue weighted by atomic mass is 10.0. The number of phosphoric ester groups is 1. The number of carbonyl (C=O) groups excluding carboxylic acids is 2. The number of hydrogen-bond acceptors (Lipinski definition) is 7. The largest absolute Gasteiger partial charge is 0.756 e. The van der Waals surface area contributed by atoms with Gasteiger partial charge < -0.3 is 28.5 Å². The number of likely N-dealkylation sites (N-methyl/N-ethyl adjacent to an activating group) is 1. The van der Waals surface area contributed by atoms with Gasteiger partial charge in [0.25, 0.3) is 7.82 Å². The lowest BCUT2D eigenvalue weighted by Crippen LogP contribution is -2.47. The fourth-order valence-electron chi connectivity index (χ4n) is 8.32. The van der Waals surface area contributed by atoms with Crippen molar-refractivity contribution in [3.8, 4) is 0 Å². The first kappa shape index (κ1) is 71.2. The van der Waals surface area contributed by atoms with Crippen LogP contribution in [0.1, 0.15) is 258 Å². The zero-order valence-electron chi connectivity index (χ0n) is 48.8. The number of rotatable bonds is 54. The summed E-state index contributed by atoms with van der Waals surface area (Å²) in [6, 6.07) is -0.920. The number of quaternary nitrogens is 1. The quantitative estimate of drug-likeness (QED) is 0.0212. The lowest BCUT2D eigenvalue weighted by molar-refractivity contribution is -0.870. The minimum atomic E-state index is -4.71. The van der Waals surface area contributed by atoms with Crippen LogP contribution in [-0.2, 0) is 27.9 Å². The van der Waals surface area contributed by atoms with E-state index in [1.165, 1.54) is 135 Å². The number of nitrogens with one attached hydrogen (secondary N) is 1. The molecule has 3 atom stereocenters. The summed E-state index contributed by atoms with van der Waals surface area (Å²) >= 11 is 0. The van der Waals surface area contributed by atoms with Crippen LogP contribution in [-0.4, -0.2) is 69.4 Å². The van der Waals surface area contributed by atoms with Gasteiger partial charge in [-0.2, -0.15) is 0 Å². The minimum Gasteiger partial charge on any atom is -0.756 e. The number of allylic oxidation sites excluding steroid dienone is 13. The zero-order chi connectivity index (χ0) is 54.3. The van der Waals surface area contributed by atoms with Crippen LogP contribution < -0.4 is 10.2 Å². The number of unbranched alkanes of at least 4 members (excludes halogenated alkanes) is 26. The predicted molar refractivity (Wildman–Crippen MR) is 316 cm³/mol. The van der Waals surface area contributed by atoms with E-state index < -0.39 is 32.5 Å². The first-order chi connectivity index (χ1) is 35.9. The number of amides is 1. The fraction of sp³-hybridized carbons (Fsp3) is 0.750. The summed E-state index contributed by atoms with van der Waals surface area (Å²) in [6.45, 7) is 6.75. The highest BCUT2D eigenvalue weighted by Gasteiger charge is 2.27. The summed E-state index contributed by atoms with van der Waals surface area (Å²) in [5.41, 5.74) is 0. The van der Waals surface area contributed by atoms with Crippen LogP contribution in [0.4, 0.5) is 0 Å². The second-order valence-electron chi connectivity index (χ2n) is 21.5. The van der Waals surface area contributed by atoms with Gasteiger partial charge in [-0.3, -0.25) is 14.2 Å². The third kappa shape index (κ3) is 54.0. The third-order valence-corrected chi connectivity index (χ3v) is 14.0. The van der Waals surface area contributed by atoms with E-state index in [1.54, 1.807) is 6.08 Å². The summed E-state index contributed by atoms with van der Waals surface area (Å²) < 4.78 is 30.2. The Morgan fingerprint density at radius 3 is 1.28 bits per heavy atom. The number of ether oxygens (including phenoxy) is 1. The molecular weight excluding hydrogens is 940 g/mol. The average Bonchev–Trinajstić information content (AvgIpc) is 3.36. The first-order valence-corrected chi connectivity index (χ1v) is 31.9. The minimum absolute atomic E-state index is 0.0354. The highest BCUT2D eigenvalue weighted by atomic mass is 31.2. The van der Waals surface area contributed by atoms with E-state index in [0.29, 0.717) is 23.9 Å². The van der Waals surface area contributed by atoms with E-state index in [4.69, 9.17) is 13.8 Å². The highest BCUT2D eigenvalue weighted by Crippen LogP contribution is 2.38. The average molecular weight is 1060 g/mol. The molecule has 0 heterocycles. The molecule has 0 radical (unpaired) electrons. The lowest BCUT2D eigenvalue weighted by Gasteiger charge is -2.30. The molecule has 74 heavy (non-hydrogen) atoms. The summed E-state index contributed by atoms with van der Waals surface area (Å²) in [5, 5.41) is 3.00.